The topological polar surface area (TPSA) is 53.3 Å². The van der Waals surface area contributed by atoms with Gasteiger partial charge in [-0.2, -0.15) is 5.26 Å². The number of benzene rings is 2. The van der Waals surface area contributed by atoms with Crippen LogP contribution in [-0.2, 0) is 0 Å². The van der Waals surface area contributed by atoms with Crippen molar-refractivity contribution in [2.45, 2.75) is 0 Å². The van der Waals surface area contributed by atoms with Gasteiger partial charge in [0.1, 0.15) is 11.8 Å². The summed E-state index contributed by atoms with van der Waals surface area (Å²) >= 11 is 0. The highest BCUT2D eigenvalue weighted by Gasteiger charge is 2.12. The number of hydrogen-bond donors (Lipinski definition) is 0. The van der Waals surface area contributed by atoms with Gasteiger partial charge in [0.25, 0.3) is 0 Å². The van der Waals surface area contributed by atoms with E-state index in [1.54, 1.807) is 55.5 Å². The third-order valence-electron chi connectivity index (χ3n) is 3.23. The molecule has 0 saturated carbocycles. The molecule has 0 aliphatic rings. The van der Waals surface area contributed by atoms with E-state index in [-0.39, 0.29) is 12.3 Å². The molecular weight excluding hydrogens is 264 g/mol. The van der Waals surface area contributed by atoms with Gasteiger partial charge in [-0.1, -0.05) is 12.1 Å². The molecule has 0 aliphatic heterocycles. The van der Waals surface area contributed by atoms with Crippen molar-refractivity contribution in [2.75, 3.05) is 25.6 Å². The van der Waals surface area contributed by atoms with E-state index < -0.39 is 0 Å². The van der Waals surface area contributed by atoms with Crippen molar-refractivity contribution in [1.82, 2.24) is 0 Å². The molecule has 0 fully saturated rings. The average Bonchev–Trinajstić information content (AvgIpc) is 2.54. The van der Waals surface area contributed by atoms with Crippen LogP contribution >= 0.6 is 0 Å². The lowest BCUT2D eigenvalue weighted by Crippen LogP contribution is -2.26. The number of rotatable bonds is 5. The molecule has 0 saturated heterocycles. The number of methoxy groups -OCH3 is 1. The summed E-state index contributed by atoms with van der Waals surface area (Å²) in [5.41, 5.74) is 1.93. The molecule has 0 amide bonds. The molecule has 106 valence electrons. The Morgan fingerprint density at radius 2 is 1.86 bits per heavy atom. The number of nitrogens with zero attached hydrogens (tertiary/aromatic N) is 2. The largest absolute Gasteiger partial charge is 0.497 e. The van der Waals surface area contributed by atoms with E-state index in [4.69, 9.17) is 10.00 Å². The first-order valence-electron chi connectivity index (χ1n) is 6.53. The van der Waals surface area contributed by atoms with Crippen LogP contribution in [0.5, 0.6) is 5.75 Å². The zero-order chi connectivity index (χ0) is 15.2. The molecule has 0 spiro atoms. The van der Waals surface area contributed by atoms with E-state index in [0.29, 0.717) is 11.1 Å². The standard InChI is InChI=1S/C17H16N2O2/c1-19(16-6-4-3-5-14(16)11-18)12-17(20)13-7-9-15(21-2)10-8-13/h3-10H,12H2,1-2H3. The number of ketones is 1. The van der Waals surface area contributed by atoms with Gasteiger partial charge in [-0.3, -0.25) is 4.79 Å². The minimum absolute atomic E-state index is 0.00658. The van der Waals surface area contributed by atoms with Crippen molar-refractivity contribution in [2.24, 2.45) is 0 Å². The SMILES string of the molecule is COc1ccc(C(=O)CN(C)c2ccccc2C#N)cc1. The lowest BCUT2D eigenvalue weighted by Gasteiger charge is -2.19. The molecule has 2 aromatic carbocycles. The second-order valence-corrected chi connectivity index (χ2v) is 4.64. The molecule has 0 aromatic heterocycles. The zero-order valence-corrected chi connectivity index (χ0v) is 12.0. The molecule has 4 heteroatoms. The molecule has 0 unspecified atom stereocenters. The number of anilines is 1. The Balaban J connectivity index is 2.13. The van der Waals surface area contributed by atoms with E-state index in [1.165, 1.54) is 0 Å². The smallest absolute Gasteiger partial charge is 0.182 e. The second-order valence-electron chi connectivity index (χ2n) is 4.64. The van der Waals surface area contributed by atoms with Crippen molar-refractivity contribution in [3.8, 4) is 11.8 Å². The van der Waals surface area contributed by atoms with Crippen LogP contribution in [0.2, 0.25) is 0 Å². The van der Waals surface area contributed by atoms with Crippen molar-refractivity contribution < 1.29 is 9.53 Å². The van der Waals surface area contributed by atoms with Gasteiger partial charge in [-0.25, -0.2) is 0 Å². The molecule has 0 N–H and O–H groups in total. The van der Waals surface area contributed by atoms with Gasteiger partial charge in [-0.15, -0.1) is 0 Å². The van der Waals surface area contributed by atoms with Crippen LogP contribution in [0.25, 0.3) is 0 Å². The summed E-state index contributed by atoms with van der Waals surface area (Å²) in [6, 6.07) is 16.4. The Morgan fingerprint density at radius 3 is 2.48 bits per heavy atom. The Morgan fingerprint density at radius 1 is 1.19 bits per heavy atom. The first-order chi connectivity index (χ1) is 10.2. The van der Waals surface area contributed by atoms with Crippen LogP contribution in [0, 0.1) is 11.3 Å². The average molecular weight is 280 g/mol. The molecule has 4 nitrogen and oxygen atoms in total. The minimum Gasteiger partial charge on any atom is -0.497 e. The Kier molecular flexibility index (Phi) is 4.57. The Labute approximate surface area is 124 Å². The van der Waals surface area contributed by atoms with Gasteiger partial charge in [0, 0.05) is 12.6 Å². The Hall–Kier alpha value is -2.80. The molecule has 21 heavy (non-hydrogen) atoms. The van der Waals surface area contributed by atoms with E-state index in [0.717, 1.165) is 11.4 Å². The highest BCUT2D eigenvalue weighted by atomic mass is 16.5. The fraction of sp³-hybridized carbons (Fsp3) is 0.176. The number of carbonyl (C=O) groups excluding carboxylic acids is 1. The zero-order valence-electron chi connectivity index (χ0n) is 12.0. The number of hydrogen-bond acceptors (Lipinski definition) is 4. The second kappa shape index (κ2) is 6.58. The number of ether oxygens (including phenoxy) is 1. The van der Waals surface area contributed by atoms with Gasteiger partial charge in [-0.05, 0) is 36.4 Å². The fourth-order valence-electron chi connectivity index (χ4n) is 2.07. The first-order valence-corrected chi connectivity index (χ1v) is 6.53. The van der Waals surface area contributed by atoms with E-state index in [2.05, 4.69) is 6.07 Å². The molecule has 0 heterocycles. The highest BCUT2D eigenvalue weighted by molar-refractivity contribution is 5.99. The monoisotopic (exact) mass is 280 g/mol. The number of nitriles is 1. The first kappa shape index (κ1) is 14.6. The van der Waals surface area contributed by atoms with Crippen molar-refractivity contribution in [3.63, 3.8) is 0 Å². The molecule has 0 atom stereocenters. The minimum atomic E-state index is -0.00658. The summed E-state index contributed by atoms with van der Waals surface area (Å²) in [7, 11) is 3.39. The Bertz CT molecular complexity index is 672. The summed E-state index contributed by atoms with van der Waals surface area (Å²) in [4.78, 5) is 14.0. The summed E-state index contributed by atoms with van der Waals surface area (Å²) in [6.45, 7) is 0.213. The number of likely N-dealkylation sites (N-methyl/N-ethyl adjacent to an activating group) is 1. The van der Waals surface area contributed by atoms with Crippen LogP contribution in [0.1, 0.15) is 15.9 Å². The maximum atomic E-state index is 12.3. The van der Waals surface area contributed by atoms with Crippen LogP contribution in [0.15, 0.2) is 48.5 Å². The molecule has 2 aromatic rings. The number of carbonyl (C=O) groups is 1. The maximum Gasteiger partial charge on any atom is 0.182 e. The van der Waals surface area contributed by atoms with Crippen molar-refractivity contribution in [3.05, 3.63) is 59.7 Å². The number of Topliss-reactive ketones (excluding diaryl/α,β-unsaturated/α-hetero) is 1. The quantitative estimate of drug-likeness (QED) is 0.790. The van der Waals surface area contributed by atoms with Crippen LogP contribution in [-0.4, -0.2) is 26.5 Å². The lowest BCUT2D eigenvalue weighted by molar-refractivity contribution is 0.100. The van der Waals surface area contributed by atoms with E-state index in [9.17, 15) is 4.79 Å². The van der Waals surface area contributed by atoms with Crippen molar-refractivity contribution >= 4 is 11.5 Å². The molecule has 0 bridgehead atoms. The van der Waals surface area contributed by atoms with Gasteiger partial charge < -0.3 is 9.64 Å². The van der Waals surface area contributed by atoms with E-state index >= 15 is 0 Å². The van der Waals surface area contributed by atoms with Crippen LogP contribution < -0.4 is 9.64 Å². The predicted octanol–water partition coefficient (Wildman–Crippen LogP) is 2.89. The highest BCUT2D eigenvalue weighted by Crippen LogP contribution is 2.19. The van der Waals surface area contributed by atoms with Gasteiger partial charge in [0.15, 0.2) is 5.78 Å². The molecule has 0 radical (unpaired) electrons. The molecule has 2 rings (SSSR count). The summed E-state index contributed by atoms with van der Waals surface area (Å²) in [5.74, 6) is 0.711. The lowest BCUT2D eigenvalue weighted by atomic mass is 10.1. The predicted molar refractivity (Wildman–Crippen MR) is 81.8 cm³/mol. The van der Waals surface area contributed by atoms with E-state index in [1.807, 2.05) is 12.1 Å². The van der Waals surface area contributed by atoms with Gasteiger partial charge in [0.05, 0.1) is 24.9 Å². The van der Waals surface area contributed by atoms with Crippen molar-refractivity contribution in [1.29, 1.82) is 5.26 Å². The van der Waals surface area contributed by atoms with Gasteiger partial charge >= 0.3 is 0 Å². The number of para-hydroxylation sites is 1. The fourth-order valence-corrected chi connectivity index (χ4v) is 2.07. The summed E-state index contributed by atoms with van der Waals surface area (Å²) < 4.78 is 5.07. The third kappa shape index (κ3) is 3.40. The third-order valence-corrected chi connectivity index (χ3v) is 3.23. The van der Waals surface area contributed by atoms with Gasteiger partial charge in [0.2, 0.25) is 0 Å². The summed E-state index contributed by atoms with van der Waals surface area (Å²) in [5, 5.41) is 9.10. The van der Waals surface area contributed by atoms with Crippen LogP contribution in [0.4, 0.5) is 5.69 Å². The summed E-state index contributed by atoms with van der Waals surface area (Å²) in [6.07, 6.45) is 0. The maximum absolute atomic E-state index is 12.3. The van der Waals surface area contributed by atoms with Crippen LogP contribution in [0.3, 0.4) is 0 Å². The normalized spacial score (nSPS) is 9.76. The molecular formula is C17H16N2O2. The molecule has 0 aliphatic carbocycles.